The van der Waals surface area contributed by atoms with Crippen LogP contribution in [0.5, 0.6) is 0 Å². The average Bonchev–Trinajstić information content (AvgIpc) is 2.45. The summed E-state index contributed by atoms with van der Waals surface area (Å²) in [7, 11) is 0. The van der Waals surface area contributed by atoms with E-state index in [4.69, 9.17) is 0 Å². The van der Waals surface area contributed by atoms with Crippen molar-refractivity contribution in [3.05, 3.63) is 65.2 Å². The van der Waals surface area contributed by atoms with Crippen LogP contribution in [0.25, 0.3) is 0 Å². The first-order valence-electron chi connectivity index (χ1n) is 6.42. The van der Waals surface area contributed by atoms with E-state index in [1.54, 1.807) is 0 Å². The third-order valence-electron chi connectivity index (χ3n) is 2.94. The van der Waals surface area contributed by atoms with E-state index in [2.05, 4.69) is 10.3 Å². The van der Waals surface area contributed by atoms with E-state index in [1.165, 1.54) is 24.3 Å². The van der Waals surface area contributed by atoms with Crippen LogP contribution < -0.4 is 5.32 Å². The van der Waals surface area contributed by atoms with Gasteiger partial charge in [-0.1, -0.05) is 19.1 Å². The fourth-order valence-electron chi connectivity index (χ4n) is 1.96. The second-order valence-corrected chi connectivity index (χ2v) is 4.43. The van der Waals surface area contributed by atoms with Crippen molar-refractivity contribution in [3.63, 3.8) is 0 Å². The molecule has 2 rings (SSSR count). The van der Waals surface area contributed by atoms with E-state index in [1.807, 2.05) is 6.92 Å². The van der Waals surface area contributed by atoms with Crippen molar-refractivity contribution in [1.82, 2.24) is 10.3 Å². The quantitative estimate of drug-likeness (QED) is 0.905. The molecule has 0 amide bonds. The van der Waals surface area contributed by atoms with Crippen LogP contribution in [0.15, 0.2) is 36.5 Å². The van der Waals surface area contributed by atoms with Crippen LogP contribution in [-0.2, 0) is 0 Å². The maximum atomic E-state index is 13.9. The van der Waals surface area contributed by atoms with Crippen molar-refractivity contribution in [2.45, 2.75) is 19.4 Å². The summed E-state index contributed by atoms with van der Waals surface area (Å²) in [6.45, 7) is 2.57. The van der Waals surface area contributed by atoms with Gasteiger partial charge in [-0.3, -0.25) is 4.98 Å². The van der Waals surface area contributed by atoms with E-state index in [0.717, 1.165) is 18.7 Å². The highest BCUT2D eigenvalue weighted by molar-refractivity contribution is 5.29. The highest BCUT2D eigenvalue weighted by Gasteiger charge is 2.20. The van der Waals surface area contributed by atoms with Crippen molar-refractivity contribution in [2.75, 3.05) is 6.54 Å². The molecule has 0 bridgehead atoms. The Bertz CT molecular complexity index is 570. The minimum absolute atomic E-state index is 0.164. The predicted octanol–water partition coefficient (Wildman–Crippen LogP) is 3.59. The van der Waals surface area contributed by atoms with Gasteiger partial charge in [-0.2, -0.15) is 0 Å². The number of aromatic nitrogens is 1. The minimum Gasteiger partial charge on any atom is -0.305 e. The molecule has 106 valence electrons. The third kappa shape index (κ3) is 3.17. The number of hydrogen-bond donors (Lipinski definition) is 1. The zero-order valence-corrected chi connectivity index (χ0v) is 11.0. The van der Waals surface area contributed by atoms with Gasteiger partial charge in [0, 0.05) is 5.56 Å². The van der Waals surface area contributed by atoms with Crippen LogP contribution in [0.1, 0.15) is 30.6 Å². The minimum atomic E-state index is -0.910. The standard InChI is InChI=1S/C15H15F3N2/c1-2-8-19-15(13-7-6-10(16)9-20-13)11-4-3-5-12(17)14(11)18/h3-7,9,15,19H,2,8H2,1H3. The molecule has 0 radical (unpaired) electrons. The van der Waals surface area contributed by atoms with Gasteiger partial charge in [0.2, 0.25) is 0 Å². The summed E-state index contributed by atoms with van der Waals surface area (Å²) in [6, 6.07) is 6.11. The lowest BCUT2D eigenvalue weighted by Crippen LogP contribution is -2.25. The van der Waals surface area contributed by atoms with Gasteiger partial charge in [-0.25, -0.2) is 13.2 Å². The van der Waals surface area contributed by atoms with E-state index in [-0.39, 0.29) is 5.56 Å². The Morgan fingerprint density at radius 1 is 1.15 bits per heavy atom. The molecule has 0 spiro atoms. The molecular weight excluding hydrogens is 265 g/mol. The highest BCUT2D eigenvalue weighted by atomic mass is 19.2. The molecule has 2 aromatic rings. The van der Waals surface area contributed by atoms with Gasteiger partial charge >= 0.3 is 0 Å². The molecule has 20 heavy (non-hydrogen) atoms. The lowest BCUT2D eigenvalue weighted by molar-refractivity contribution is 0.477. The van der Waals surface area contributed by atoms with Crippen molar-refractivity contribution in [2.24, 2.45) is 0 Å². The first-order valence-corrected chi connectivity index (χ1v) is 6.42. The number of nitrogens with one attached hydrogen (secondary N) is 1. The first-order chi connectivity index (χ1) is 9.63. The van der Waals surface area contributed by atoms with Crippen molar-refractivity contribution in [1.29, 1.82) is 0 Å². The van der Waals surface area contributed by atoms with Gasteiger partial charge in [0.05, 0.1) is 17.9 Å². The van der Waals surface area contributed by atoms with Gasteiger partial charge in [0.25, 0.3) is 0 Å². The van der Waals surface area contributed by atoms with E-state index in [9.17, 15) is 13.2 Å². The molecule has 0 saturated heterocycles. The molecule has 1 aromatic heterocycles. The number of rotatable bonds is 5. The van der Waals surface area contributed by atoms with E-state index in [0.29, 0.717) is 12.2 Å². The summed E-state index contributed by atoms with van der Waals surface area (Å²) in [5.74, 6) is -2.29. The second-order valence-electron chi connectivity index (χ2n) is 4.43. The Labute approximate surface area is 115 Å². The summed E-state index contributed by atoms with van der Waals surface area (Å²) in [4.78, 5) is 3.95. The first kappa shape index (κ1) is 14.5. The fourth-order valence-corrected chi connectivity index (χ4v) is 1.96. The van der Waals surface area contributed by atoms with Crippen LogP contribution in [0, 0.1) is 17.5 Å². The molecule has 1 heterocycles. The zero-order valence-electron chi connectivity index (χ0n) is 11.0. The van der Waals surface area contributed by atoms with Crippen molar-refractivity contribution < 1.29 is 13.2 Å². The van der Waals surface area contributed by atoms with Gasteiger partial charge in [0.15, 0.2) is 11.6 Å². The van der Waals surface area contributed by atoms with Crippen LogP contribution in [0.3, 0.4) is 0 Å². The van der Waals surface area contributed by atoms with Crippen LogP contribution in [0.2, 0.25) is 0 Å². The molecule has 0 aliphatic carbocycles. The van der Waals surface area contributed by atoms with Gasteiger partial charge in [-0.15, -0.1) is 0 Å². The number of nitrogens with zero attached hydrogens (tertiary/aromatic N) is 1. The van der Waals surface area contributed by atoms with E-state index >= 15 is 0 Å². The summed E-state index contributed by atoms with van der Waals surface area (Å²) < 4.78 is 40.2. The largest absolute Gasteiger partial charge is 0.305 e. The zero-order chi connectivity index (χ0) is 14.5. The number of hydrogen-bond acceptors (Lipinski definition) is 2. The maximum Gasteiger partial charge on any atom is 0.163 e. The Morgan fingerprint density at radius 2 is 1.95 bits per heavy atom. The molecule has 0 saturated carbocycles. The van der Waals surface area contributed by atoms with Crippen molar-refractivity contribution >= 4 is 0 Å². The topological polar surface area (TPSA) is 24.9 Å². The Hall–Kier alpha value is -1.88. The summed E-state index contributed by atoms with van der Waals surface area (Å²) in [5, 5.41) is 3.10. The SMILES string of the molecule is CCCNC(c1ccc(F)cn1)c1cccc(F)c1F. The van der Waals surface area contributed by atoms with Crippen molar-refractivity contribution in [3.8, 4) is 0 Å². The third-order valence-corrected chi connectivity index (χ3v) is 2.94. The van der Waals surface area contributed by atoms with Crippen LogP contribution in [0.4, 0.5) is 13.2 Å². The Kier molecular flexibility index (Phi) is 4.74. The molecule has 0 aliphatic rings. The van der Waals surface area contributed by atoms with Crippen LogP contribution in [-0.4, -0.2) is 11.5 Å². The smallest absolute Gasteiger partial charge is 0.163 e. The molecule has 0 fully saturated rings. The second kappa shape index (κ2) is 6.52. The summed E-state index contributed by atoms with van der Waals surface area (Å²) in [5.41, 5.74) is 0.613. The van der Waals surface area contributed by atoms with Gasteiger partial charge in [0.1, 0.15) is 5.82 Å². The maximum absolute atomic E-state index is 13.9. The average molecular weight is 280 g/mol. The monoisotopic (exact) mass is 280 g/mol. The molecule has 0 aliphatic heterocycles. The lowest BCUT2D eigenvalue weighted by atomic mass is 10.0. The molecular formula is C15H15F3N2. The predicted molar refractivity (Wildman–Crippen MR) is 70.7 cm³/mol. The van der Waals surface area contributed by atoms with Gasteiger partial charge in [-0.05, 0) is 31.2 Å². The number of pyridine rings is 1. The van der Waals surface area contributed by atoms with Gasteiger partial charge < -0.3 is 5.32 Å². The lowest BCUT2D eigenvalue weighted by Gasteiger charge is -2.19. The van der Waals surface area contributed by atoms with Crippen LogP contribution >= 0.6 is 0 Å². The normalized spacial score (nSPS) is 12.4. The number of benzene rings is 1. The molecule has 5 heteroatoms. The summed E-state index contributed by atoms with van der Waals surface area (Å²) >= 11 is 0. The Balaban J connectivity index is 2.41. The molecule has 1 unspecified atom stereocenters. The molecule has 2 nitrogen and oxygen atoms in total. The Morgan fingerprint density at radius 3 is 2.60 bits per heavy atom. The molecule has 1 atom stereocenters. The fraction of sp³-hybridized carbons (Fsp3) is 0.267. The molecule has 1 aromatic carbocycles. The molecule has 1 N–H and O–H groups in total. The van der Waals surface area contributed by atoms with E-state index < -0.39 is 23.5 Å². The number of halogens is 3. The highest BCUT2D eigenvalue weighted by Crippen LogP contribution is 2.24. The summed E-state index contributed by atoms with van der Waals surface area (Å²) in [6.07, 6.45) is 1.89.